The standard InChI is InChI=1S/C19H18FN3OS/c1-12-16(18(21)24)17(14-7-3-2-4-8-14)23-19(22-12)25-11-13-6-5-9-15(20)10-13/h2-10,17H,11H2,1H3,(H2,21,24)(H,22,23)/t17-/m1/s1. The number of aliphatic imine (C=N–C) groups is 1. The monoisotopic (exact) mass is 355 g/mol. The molecule has 0 unspecified atom stereocenters. The molecule has 6 heteroatoms. The number of hydrogen-bond acceptors (Lipinski definition) is 4. The molecule has 3 N–H and O–H groups in total. The fourth-order valence-electron chi connectivity index (χ4n) is 2.69. The van der Waals surface area contributed by atoms with Gasteiger partial charge < -0.3 is 11.1 Å². The Morgan fingerprint density at radius 1 is 1.24 bits per heavy atom. The van der Waals surface area contributed by atoms with Crippen molar-refractivity contribution in [3.8, 4) is 0 Å². The highest BCUT2D eigenvalue weighted by Crippen LogP contribution is 2.32. The molecule has 0 saturated carbocycles. The van der Waals surface area contributed by atoms with Crippen LogP contribution in [-0.2, 0) is 10.5 Å². The summed E-state index contributed by atoms with van der Waals surface area (Å²) in [5.74, 6) is -0.174. The summed E-state index contributed by atoms with van der Waals surface area (Å²) in [6.45, 7) is 1.81. The summed E-state index contributed by atoms with van der Waals surface area (Å²) >= 11 is 1.46. The van der Waals surface area contributed by atoms with E-state index in [0.29, 0.717) is 22.2 Å². The van der Waals surface area contributed by atoms with Gasteiger partial charge in [0, 0.05) is 11.4 Å². The van der Waals surface area contributed by atoms with Gasteiger partial charge in [-0.05, 0) is 30.2 Å². The Hall–Kier alpha value is -2.60. The summed E-state index contributed by atoms with van der Waals surface area (Å²) in [6.07, 6.45) is 0. The predicted molar refractivity (Wildman–Crippen MR) is 99.3 cm³/mol. The number of amides is 1. The topological polar surface area (TPSA) is 67.5 Å². The Kier molecular flexibility index (Phi) is 5.19. The quantitative estimate of drug-likeness (QED) is 0.882. The number of carbonyl (C=O) groups is 1. The van der Waals surface area contributed by atoms with E-state index in [1.807, 2.05) is 43.3 Å². The molecule has 4 nitrogen and oxygen atoms in total. The summed E-state index contributed by atoms with van der Waals surface area (Å²) in [5.41, 5.74) is 8.48. The van der Waals surface area contributed by atoms with Crippen LogP contribution in [0.2, 0.25) is 0 Å². The number of benzene rings is 2. The SMILES string of the molecule is CC1=C(C(N)=O)[C@@H](c2ccccc2)N=C(SCc2cccc(F)c2)N1. The zero-order valence-electron chi connectivity index (χ0n) is 13.7. The van der Waals surface area contributed by atoms with E-state index in [1.165, 1.54) is 23.9 Å². The molecule has 1 aliphatic heterocycles. The summed E-state index contributed by atoms with van der Waals surface area (Å²) in [6, 6.07) is 15.6. The minimum absolute atomic E-state index is 0.258. The Labute approximate surface area is 150 Å². The number of primary amides is 1. The van der Waals surface area contributed by atoms with Crippen molar-refractivity contribution >= 4 is 22.8 Å². The summed E-state index contributed by atoms with van der Waals surface area (Å²) in [7, 11) is 0. The molecule has 128 valence electrons. The average Bonchev–Trinajstić information content (AvgIpc) is 2.60. The third kappa shape index (κ3) is 4.09. The van der Waals surface area contributed by atoms with Crippen LogP contribution in [0.3, 0.4) is 0 Å². The molecule has 1 amide bonds. The maximum atomic E-state index is 13.3. The van der Waals surface area contributed by atoms with Crippen molar-refractivity contribution in [2.75, 3.05) is 0 Å². The van der Waals surface area contributed by atoms with E-state index >= 15 is 0 Å². The van der Waals surface area contributed by atoms with E-state index in [4.69, 9.17) is 5.73 Å². The lowest BCUT2D eigenvalue weighted by atomic mass is 9.96. The average molecular weight is 355 g/mol. The second kappa shape index (κ2) is 7.53. The van der Waals surface area contributed by atoms with Crippen LogP contribution in [0, 0.1) is 5.82 Å². The van der Waals surface area contributed by atoms with Crippen molar-refractivity contribution in [1.29, 1.82) is 0 Å². The Balaban J connectivity index is 1.85. The number of nitrogens with two attached hydrogens (primary N) is 1. The fraction of sp³-hybridized carbons (Fsp3) is 0.158. The van der Waals surface area contributed by atoms with Crippen molar-refractivity contribution in [2.24, 2.45) is 10.7 Å². The van der Waals surface area contributed by atoms with Gasteiger partial charge in [0.05, 0.1) is 5.57 Å². The smallest absolute Gasteiger partial charge is 0.248 e. The number of allylic oxidation sites excluding steroid dienone is 1. The van der Waals surface area contributed by atoms with Crippen LogP contribution >= 0.6 is 11.8 Å². The molecule has 0 fully saturated rings. The lowest BCUT2D eigenvalue weighted by molar-refractivity contribution is -0.114. The second-order valence-electron chi connectivity index (χ2n) is 5.69. The Bertz CT molecular complexity index is 849. The van der Waals surface area contributed by atoms with Gasteiger partial charge in [0.1, 0.15) is 11.9 Å². The number of rotatable bonds is 4. The molecular formula is C19H18FN3OS. The zero-order chi connectivity index (χ0) is 17.8. The molecule has 2 aromatic carbocycles. The first-order valence-corrected chi connectivity index (χ1v) is 8.80. The van der Waals surface area contributed by atoms with Gasteiger partial charge in [0.2, 0.25) is 5.91 Å². The van der Waals surface area contributed by atoms with Crippen LogP contribution in [0.1, 0.15) is 24.1 Å². The van der Waals surface area contributed by atoms with Crippen molar-refractivity contribution in [1.82, 2.24) is 5.32 Å². The molecule has 0 bridgehead atoms. The van der Waals surface area contributed by atoms with Gasteiger partial charge in [-0.3, -0.25) is 4.79 Å². The molecule has 3 rings (SSSR count). The third-order valence-corrected chi connectivity index (χ3v) is 4.82. The van der Waals surface area contributed by atoms with Crippen LogP contribution in [-0.4, -0.2) is 11.1 Å². The molecule has 2 aromatic rings. The summed E-state index contributed by atoms with van der Waals surface area (Å²) in [5, 5.41) is 3.81. The lowest BCUT2D eigenvalue weighted by Gasteiger charge is -2.25. The number of thioether (sulfide) groups is 1. The molecular weight excluding hydrogens is 337 g/mol. The molecule has 0 saturated heterocycles. The van der Waals surface area contributed by atoms with E-state index in [0.717, 1.165) is 11.1 Å². The zero-order valence-corrected chi connectivity index (χ0v) is 14.5. The Morgan fingerprint density at radius 3 is 2.68 bits per heavy atom. The number of carbonyl (C=O) groups excluding carboxylic acids is 1. The van der Waals surface area contributed by atoms with Gasteiger partial charge >= 0.3 is 0 Å². The van der Waals surface area contributed by atoms with E-state index in [1.54, 1.807) is 6.07 Å². The van der Waals surface area contributed by atoms with Crippen LogP contribution in [0.5, 0.6) is 0 Å². The van der Waals surface area contributed by atoms with E-state index in [9.17, 15) is 9.18 Å². The highest BCUT2D eigenvalue weighted by molar-refractivity contribution is 8.13. The second-order valence-corrected chi connectivity index (χ2v) is 6.66. The van der Waals surface area contributed by atoms with Gasteiger partial charge in [-0.1, -0.05) is 54.2 Å². The molecule has 0 aromatic heterocycles. The minimum atomic E-state index is -0.489. The predicted octanol–water partition coefficient (Wildman–Crippen LogP) is 3.52. The number of nitrogens with one attached hydrogen (secondary N) is 1. The summed E-state index contributed by atoms with van der Waals surface area (Å²) in [4.78, 5) is 16.5. The van der Waals surface area contributed by atoms with Crippen LogP contribution in [0.4, 0.5) is 4.39 Å². The van der Waals surface area contributed by atoms with Gasteiger partial charge in [0.25, 0.3) is 0 Å². The van der Waals surface area contributed by atoms with E-state index in [-0.39, 0.29) is 5.82 Å². The molecule has 0 aliphatic carbocycles. The molecule has 25 heavy (non-hydrogen) atoms. The van der Waals surface area contributed by atoms with Crippen molar-refractivity contribution in [3.05, 3.63) is 82.8 Å². The number of nitrogens with zero attached hydrogens (tertiary/aromatic N) is 1. The third-order valence-electron chi connectivity index (χ3n) is 3.86. The largest absolute Gasteiger partial charge is 0.366 e. The highest BCUT2D eigenvalue weighted by Gasteiger charge is 2.27. The molecule has 0 radical (unpaired) electrons. The van der Waals surface area contributed by atoms with Crippen LogP contribution < -0.4 is 11.1 Å². The van der Waals surface area contributed by atoms with Gasteiger partial charge in [0.15, 0.2) is 5.17 Å². The molecule has 1 atom stereocenters. The lowest BCUT2D eigenvalue weighted by Crippen LogP contribution is -2.32. The number of halogens is 1. The normalized spacial score (nSPS) is 17.0. The van der Waals surface area contributed by atoms with Crippen molar-refractivity contribution < 1.29 is 9.18 Å². The summed E-state index contributed by atoms with van der Waals surface area (Å²) < 4.78 is 13.3. The number of amidine groups is 1. The van der Waals surface area contributed by atoms with E-state index < -0.39 is 11.9 Å². The first-order chi connectivity index (χ1) is 12.0. The van der Waals surface area contributed by atoms with E-state index in [2.05, 4.69) is 10.3 Å². The van der Waals surface area contributed by atoms with Crippen LogP contribution in [0.15, 0.2) is 70.9 Å². The highest BCUT2D eigenvalue weighted by atomic mass is 32.2. The van der Waals surface area contributed by atoms with Gasteiger partial charge in [-0.25, -0.2) is 9.38 Å². The maximum Gasteiger partial charge on any atom is 0.248 e. The Morgan fingerprint density at radius 2 is 2.00 bits per heavy atom. The number of hydrogen-bond donors (Lipinski definition) is 2. The van der Waals surface area contributed by atoms with Gasteiger partial charge in [-0.15, -0.1) is 0 Å². The molecule has 0 spiro atoms. The van der Waals surface area contributed by atoms with Crippen molar-refractivity contribution in [3.63, 3.8) is 0 Å². The van der Waals surface area contributed by atoms with Crippen LogP contribution in [0.25, 0.3) is 0 Å². The maximum absolute atomic E-state index is 13.3. The molecule has 1 heterocycles. The first-order valence-electron chi connectivity index (χ1n) is 7.82. The van der Waals surface area contributed by atoms with Gasteiger partial charge in [-0.2, -0.15) is 0 Å². The first kappa shape index (κ1) is 17.2. The van der Waals surface area contributed by atoms with Crippen molar-refractivity contribution in [2.45, 2.75) is 18.7 Å². The molecule has 1 aliphatic rings. The fourth-order valence-corrected chi connectivity index (χ4v) is 3.58. The minimum Gasteiger partial charge on any atom is -0.366 e.